The van der Waals surface area contributed by atoms with Crippen LogP contribution in [0.15, 0.2) is 34.1 Å². The summed E-state index contributed by atoms with van der Waals surface area (Å²) in [6.45, 7) is 5.82. The number of carbonyl (C=O) groups excluding carboxylic acids is 1. The minimum Gasteiger partial charge on any atom is -0.444 e. The van der Waals surface area contributed by atoms with E-state index >= 15 is 0 Å². The quantitative estimate of drug-likeness (QED) is 0.631. The molecule has 1 saturated carbocycles. The van der Waals surface area contributed by atoms with Crippen molar-refractivity contribution < 1.29 is 26.4 Å². The lowest BCUT2D eigenvalue weighted by Crippen LogP contribution is -2.40. The Bertz CT molecular complexity index is 916. The van der Waals surface area contributed by atoms with Crippen LogP contribution in [-0.4, -0.2) is 58.8 Å². The van der Waals surface area contributed by atoms with E-state index in [9.17, 15) is 21.6 Å². The van der Waals surface area contributed by atoms with Gasteiger partial charge in [0.2, 0.25) is 10.0 Å². The first-order valence-corrected chi connectivity index (χ1v) is 12.5. The number of rotatable bonds is 8. The molecular weight excluding hydrogens is 404 g/mol. The average molecular weight is 433 g/mol. The first kappa shape index (κ1) is 22.6. The normalized spacial score (nSPS) is 15.3. The van der Waals surface area contributed by atoms with E-state index in [0.717, 1.165) is 19.1 Å². The van der Waals surface area contributed by atoms with Crippen LogP contribution in [0, 0.1) is 0 Å². The number of nitrogens with one attached hydrogen (secondary N) is 1. The number of hydrogen-bond acceptors (Lipinski definition) is 6. The molecule has 1 aromatic carbocycles. The van der Waals surface area contributed by atoms with Gasteiger partial charge in [-0.3, -0.25) is 0 Å². The van der Waals surface area contributed by atoms with Crippen molar-refractivity contribution >= 4 is 26.0 Å². The van der Waals surface area contributed by atoms with Crippen LogP contribution < -0.4 is 4.72 Å². The van der Waals surface area contributed by atoms with Crippen molar-refractivity contribution in [2.45, 2.75) is 61.5 Å². The molecule has 158 valence electrons. The maximum Gasteiger partial charge on any atom is 0.410 e. The van der Waals surface area contributed by atoms with E-state index in [2.05, 4.69) is 4.72 Å². The topological polar surface area (TPSA) is 110 Å². The first-order chi connectivity index (χ1) is 12.8. The standard InChI is InChI=1S/C18H28N2O6S2/c1-18(2,3)26-17(21)20(14-10-11-14)13-7-12-19-28(24,25)16-9-6-5-8-15(16)27(4,22)23/h5-6,8-9,14,19H,7,10-13H2,1-4H3. The Hall–Kier alpha value is -1.65. The lowest BCUT2D eigenvalue weighted by Gasteiger charge is -2.27. The molecule has 0 heterocycles. The highest BCUT2D eigenvalue weighted by atomic mass is 32.2. The Morgan fingerprint density at radius 1 is 1.14 bits per heavy atom. The molecule has 0 radical (unpaired) electrons. The van der Waals surface area contributed by atoms with Crippen molar-refractivity contribution in [2.24, 2.45) is 0 Å². The zero-order valence-corrected chi connectivity index (χ0v) is 18.3. The van der Waals surface area contributed by atoms with Gasteiger partial charge in [-0.2, -0.15) is 0 Å². The molecule has 0 bridgehead atoms. The number of nitrogens with zero attached hydrogens (tertiary/aromatic N) is 1. The molecule has 2 rings (SSSR count). The second kappa shape index (κ2) is 8.38. The SMILES string of the molecule is CC(C)(C)OC(=O)N(CCCNS(=O)(=O)c1ccccc1S(C)(=O)=O)C1CC1. The zero-order valence-electron chi connectivity index (χ0n) is 16.6. The molecular formula is C18H28N2O6S2. The summed E-state index contributed by atoms with van der Waals surface area (Å²) in [5.41, 5.74) is -0.596. The number of carbonyl (C=O) groups is 1. The summed E-state index contributed by atoms with van der Waals surface area (Å²) in [6.07, 6.45) is 2.77. The van der Waals surface area contributed by atoms with Crippen molar-refractivity contribution in [2.75, 3.05) is 19.3 Å². The summed E-state index contributed by atoms with van der Waals surface area (Å²) in [5.74, 6) is 0. The largest absolute Gasteiger partial charge is 0.444 e. The maximum absolute atomic E-state index is 12.5. The molecule has 1 fully saturated rings. The number of amides is 1. The van der Waals surface area contributed by atoms with Gasteiger partial charge in [-0.25, -0.2) is 26.4 Å². The third kappa shape index (κ3) is 6.46. The molecule has 0 saturated heterocycles. The summed E-state index contributed by atoms with van der Waals surface area (Å²) in [7, 11) is -7.67. The Morgan fingerprint density at radius 2 is 1.71 bits per heavy atom. The van der Waals surface area contributed by atoms with Crippen molar-refractivity contribution in [1.82, 2.24) is 9.62 Å². The highest BCUT2D eigenvalue weighted by Crippen LogP contribution is 2.28. The highest BCUT2D eigenvalue weighted by Gasteiger charge is 2.34. The summed E-state index contributed by atoms with van der Waals surface area (Å²) in [5, 5.41) is 0. The van der Waals surface area contributed by atoms with Gasteiger partial charge in [0.1, 0.15) is 10.5 Å². The summed E-state index contributed by atoms with van der Waals surface area (Å²) in [6, 6.07) is 5.61. The fourth-order valence-electron chi connectivity index (χ4n) is 2.64. The Kier molecular flexibility index (Phi) is 6.78. The van der Waals surface area contributed by atoms with Crippen molar-refractivity contribution in [1.29, 1.82) is 0 Å². The van der Waals surface area contributed by atoms with Crippen LogP contribution >= 0.6 is 0 Å². The van der Waals surface area contributed by atoms with Gasteiger partial charge in [0.05, 0.1) is 4.90 Å². The predicted octanol–water partition coefficient (Wildman–Crippen LogP) is 2.16. The van der Waals surface area contributed by atoms with Gasteiger partial charge in [-0.1, -0.05) is 12.1 Å². The van der Waals surface area contributed by atoms with E-state index < -0.39 is 31.6 Å². The van der Waals surface area contributed by atoms with Gasteiger partial charge < -0.3 is 9.64 Å². The molecule has 0 aromatic heterocycles. The molecule has 0 unspecified atom stereocenters. The Labute approximate surface area is 167 Å². The maximum atomic E-state index is 12.5. The van der Waals surface area contributed by atoms with Crippen molar-refractivity contribution in [3.63, 3.8) is 0 Å². The molecule has 0 spiro atoms. The second-order valence-corrected chi connectivity index (χ2v) is 11.6. The fourth-order valence-corrected chi connectivity index (χ4v) is 5.34. The van der Waals surface area contributed by atoms with Gasteiger partial charge in [0.15, 0.2) is 9.84 Å². The van der Waals surface area contributed by atoms with Crippen LogP contribution in [0.4, 0.5) is 4.79 Å². The molecule has 1 aromatic rings. The molecule has 1 amide bonds. The van der Waals surface area contributed by atoms with Gasteiger partial charge in [-0.05, 0) is 52.2 Å². The number of benzene rings is 1. The van der Waals surface area contributed by atoms with E-state index in [1.165, 1.54) is 24.3 Å². The molecule has 0 aliphatic heterocycles. The minimum absolute atomic E-state index is 0.0758. The van der Waals surface area contributed by atoms with Crippen LogP contribution in [0.1, 0.15) is 40.0 Å². The van der Waals surface area contributed by atoms with E-state index in [-0.39, 0.29) is 22.4 Å². The van der Waals surface area contributed by atoms with Gasteiger partial charge in [0.25, 0.3) is 0 Å². The minimum atomic E-state index is -3.99. The van der Waals surface area contributed by atoms with Crippen LogP contribution in [-0.2, 0) is 24.6 Å². The number of hydrogen-bond donors (Lipinski definition) is 1. The third-order valence-electron chi connectivity index (χ3n) is 4.02. The zero-order chi connectivity index (χ0) is 21.2. The fraction of sp³-hybridized carbons (Fsp3) is 0.611. The van der Waals surface area contributed by atoms with Crippen LogP contribution in [0.2, 0.25) is 0 Å². The van der Waals surface area contributed by atoms with Gasteiger partial charge in [-0.15, -0.1) is 0 Å². The smallest absolute Gasteiger partial charge is 0.410 e. The van der Waals surface area contributed by atoms with E-state index in [1.807, 2.05) is 0 Å². The highest BCUT2D eigenvalue weighted by molar-refractivity contribution is 7.93. The Morgan fingerprint density at radius 3 is 2.21 bits per heavy atom. The van der Waals surface area contributed by atoms with Gasteiger partial charge in [0, 0.05) is 25.4 Å². The number of ether oxygens (including phenoxy) is 1. The van der Waals surface area contributed by atoms with Crippen LogP contribution in [0.5, 0.6) is 0 Å². The molecule has 28 heavy (non-hydrogen) atoms. The van der Waals surface area contributed by atoms with E-state index in [4.69, 9.17) is 4.74 Å². The summed E-state index contributed by atoms with van der Waals surface area (Å²) >= 11 is 0. The molecule has 8 nitrogen and oxygen atoms in total. The first-order valence-electron chi connectivity index (χ1n) is 9.10. The van der Waals surface area contributed by atoms with E-state index in [0.29, 0.717) is 13.0 Å². The molecule has 1 N–H and O–H groups in total. The van der Waals surface area contributed by atoms with Crippen LogP contribution in [0.3, 0.4) is 0 Å². The monoisotopic (exact) mass is 432 g/mol. The molecule has 10 heteroatoms. The summed E-state index contributed by atoms with van der Waals surface area (Å²) in [4.78, 5) is 13.4. The summed E-state index contributed by atoms with van der Waals surface area (Å²) < 4.78 is 56.6. The second-order valence-electron chi connectivity index (χ2n) is 7.88. The van der Waals surface area contributed by atoms with Gasteiger partial charge >= 0.3 is 6.09 Å². The molecule has 1 aliphatic carbocycles. The number of sulfonamides is 1. The molecule has 0 atom stereocenters. The third-order valence-corrected chi connectivity index (χ3v) is 6.83. The predicted molar refractivity (Wildman–Crippen MR) is 105 cm³/mol. The lowest BCUT2D eigenvalue weighted by molar-refractivity contribution is 0.0232. The van der Waals surface area contributed by atoms with E-state index in [1.54, 1.807) is 25.7 Å². The Balaban J connectivity index is 1.98. The number of sulfone groups is 1. The average Bonchev–Trinajstić information content (AvgIpc) is 3.37. The van der Waals surface area contributed by atoms with Crippen molar-refractivity contribution in [3.8, 4) is 0 Å². The molecule has 1 aliphatic rings. The lowest BCUT2D eigenvalue weighted by atomic mass is 10.2. The van der Waals surface area contributed by atoms with Crippen LogP contribution in [0.25, 0.3) is 0 Å². The van der Waals surface area contributed by atoms with Crippen molar-refractivity contribution in [3.05, 3.63) is 24.3 Å².